The molecule has 62 heavy (non-hydrogen) atoms. The summed E-state index contributed by atoms with van der Waals surface area (Å²) < 4.78 is 22.1. The van der Waals surface area contributed by atoms with Crippen LogP contribution >= 0.6 is 7.82 Å². The third-order valence-corrected chi connectivity index (χ3v) is 12.4. The van der Waals surface area contributed by atoms with Gasteiger partial charge in [-0.25, -0.2) is 4.57 Å². The SMILES string of the molecule is CCCCCCCCCCCC/C=C/CC/C=C/CC/C=C/C(O)C(COP(=O)(O)OCCN)NC(=O)CC(O)CCCCCCC/C=C\CCCCCCCCCCCCC. The molecule has 0 aromatic heterocycles. The maximum Gasteiger partial charge on any atom is 0.472 e. The van der Waals surface area contributed by atoms with Crippen LogP contribution in [0.1, 0.15) is 239 Å². The molecular formula is C52H99N2O7P. The zero-order valence-electron chi connectivity index (χ0n) is 40.2. The van der Waals surface area contributed by atoms with Gasteiger partial charge in [-0.2, -0.15) is 0 Å². The molecule has 4 unspecified atom stereocenters. The Labute approximate surface area is 382 Å². The van der Waals surface area contributed by atoms with E-state index in [2.05, 4.69) is 55.6 Å². The predicted molar refractivity (Wildman–Crippen MR) is 264 cm³/mol. The fraction of sp³-hybridized carbons (Fsp3) is 0.827. The number of nitrogens with two attached hydrogens (primary N) is 1. The first-order valence-corrected chi connectivity index (χ1v) is 27.3. The molecule has 1 amide bonds. The number of hydrogen-bond acceptors (Lipinski definition) is 7. The van der Waals surface area contributed by atoms with Crippen LogP contribution in [0.25, 0.3) is 0 Å². The third-order valence-electron chi connectivity index (χ3n) is 11.4. The Hall–Kier alpha value is -1.58. The van der Waals surface area contributed by atoms with E-state index >= 15 is 0 Å². The highest BCUT2D eigenvalue weighted by molar-refractivity contribution is 7.47. The summed E-state index contributed by atoms with van der Waals surface area (Å²) >= 11 is 0. The number of amides is 1. The number of rotatable bonds is 48. The van der Waals surface area contributed by atoms with Crippen molar-refractivity contribution in [2.24, 2.45) is 5.73 Å². The van der Waals surface area contributed by atoms with Crippen molar-refractivity contribution in [1.29, 1.82) is 0 Å². The van der Waals surface area contributed by atoms with Crippen LogP contribution in [0, 0.1) is 0 Å². The van der Waals surface area contributed by atoms with Crippen molar-refractivity contribution < 1.29 is 33.5 Å². The van der Waals surface area contributed by atoms with Crippen molar-refractivity contribution in [3.05, 3.63) is 48.6 Å². The van der Waals surface area contributed by atoms with Gasteiger partial charge in [-0.1, -0.05) is 210 Å². The van der Waals surface area contributed by atoms with Crippen molar-refractivity contribution in [3.63, 3.8) is 0 Å². The van der Waals surface area contributed by atoms with Crippen molar-refractivity contribution in [2.45, 2.75) is 257 Å². The molecule has 10 heteroatoms. The van der Waals surface area contributed by atoms with Gasteiger partial charge in [0.05, 0.1) is 37.9 Å². The summed E-state index contributed by atoms with van der Waals surface area (Å²) in [4.78, 5) is 22.9. The van der Waals surface area contributed by atoms with E-state index in [1.807, 2.05) is 6.08 Å². The molecule has 0 bridgehead atoms. The van der Waals surface area contributed by atoms with Gasteiger partial charge in [0, 0.05) is 6.54 Å². The molecule has 0 radical (unpaired) electrons. The zero-order chi connectivity index (χ0) is 45.5. The standard InChI is InChI=1S/C52H99N2O7P/c1-3-5-7-9-11-13-15-17-19-21-23-25-27-29-31-33-35-37-39-41-43-49(55)47-52(57)54-50(48-61-62(58,59)60-46-45-53)51(56)44-42-40-38-36-34-32-30-28-26-24-22-20-18-16-14-12-10-8-6-4-2/h26-29,34,36,42,44,49-51,55-56H,3-25,30-33,35,37-41,43,45-48,53H2,1-2H3,(H,54,57)(H,58,59)/b28-26+,29-27-,36-34+,44-42+. The molecule has 0 rings (SSSR count). The molecule has 0 spiro atoms. The fourth-order valence-electron chi connectivity index (χ4n) is 7.50. The molecule has 0 aromatic carbocycles. The number of hydrogen-bond donors (Lipinski definition) is 5. The Morgan fingerprint density at radius 1 is 0.548 bits per heavy atom. The minimum Gasteiger partial charge on any atom is -0.393 e. The molecule has 0 aliphatic heterocycles. The number of aliphatic hydroxyl groups excluding tert-OH is 2. The number of allylic oxidation sites excluding steroid dienone is 7. The number of phosphoric ester groups is 1. The van der Waals surface area contributed by atoms with Gasteiger partial charge in [0.1, 0.15) is 0 Å². The quantitative estimate of drug-likeness (QED) is 0.0230. The van der Waals surface area contributed by atoms with Gasteiger partial charge in [0.2, 0.25) is 5.91 Å². The fourth-order valence-corrected chi connectivity index (χ4v) is 8.26. The van der Waals surface area contributed by atoms with E-state index in [4.69, 9.17) is 14.8 Å². The predicted octanol–water partition coefficient (Wildman–Crippen LogP) is 14.2. The number of carbonyl (C=O) groups excluding carboxylic acids is 1. The Balaban J connectivity index is 4.28. The smallest absolute Gasteiger partial charge is 0.393 e. The van der Waals surface area contributed by atoms with Gasteiger partial charge in [-0.05, 0) is 70.6 Å². The average molecular weight is 895 g/mol. The number of unbranched alkanes of at least 4 members (excludes halogenated alkanes) is 28. The second kappa shape index (κ2) is 47.4. The lowest BCUT2D eigenvalue weighted by atomic mass is 10.0. The van der Waals surface area contributed by atoms with Crippen LogP contribution in [-0.2, 0) is 18.4 Å². The molecule has 0 fully saturated rings. The Kier molecular flexibility index (Phi) is 46.2. The third kappa shape index (κ3) is 45.0. The second-order valence-corrected chi connectivity index (χ2v) is 19.0. The summed E-state index contributed by atoms with van der Waals surface area (Å²) in [7, 11) is -4.42. The van der Waals surface area contributed by atoms with Gasteiger partial charge in [-0.3, -0.25) is 13.8 Å². The van der Waals surface area contributed by atoms with Crippen LogP contribution in [0.15, 0.2) is 48.6 Å². The molecule has 9 nitrogen and oxygen atoms in total. The summed E-state index contributed by atoms with van der Waals surface area (Å²) in [6, 6.07) is -1.01. The summed E-state index contributed by atoms with van der Waals surface area (Å²) in [6.45, 7) is 3.96. The van der Waals surface area contributed by atoms with Gasteiger partial charge in [0.25, 0.3) is 0 Å². The van der Waals surface area contributed by atoms with E-state index < -0.39 is 38.6 Å². The topological polar surface area (TPSA) is 151 Å². The first-order valence-electron chi connectivity index (χ1n) is 25.8. The van der Waals surface area contributed by atoms with Gasteiger partial charge in [-0.15, -0.1) is 0 Å². The lowest BCUT2D eigenvalue weighted by Crippen LogP contribution is -2.46. The van der Waals surface area contributed by atoms with E-state index in [1.165, 1.54) is 148 Å². The summed E-state index contributed by atoms with van der Waals surface area (Å²) in [5, 5.41) is 24.1. The molecule has 0 aliphatic carbocycles. The average Bonchev–Trinajstić information content (AvgIpc) is 3.25. The van der Waals surface area contributed by atoms with Crippen molar-refractivity contribution in [3.8, 4) is 0 Å². The van der Waals surface area contributed by atoms with E-state index in [1.54, 1.807) is 6.08 Å². The minimum atomic E-state index is -4.42. The maximum absolute atomic E-state index is 12.9. The molecule has 4 atom stereocenters. The number of carbonyl (C=O) groups is 1. The lowest BCUT2D eigenvalue weighted by Gasteiger charge is -2.24. The number of aliphatic hydroxyl groups is 2. The molecule has 6 N–H and O–H groups in total. The highest BCUT2D eigenvalue weighted by Crippen LogP contribution is 2.43. The summed E-state index contributed by atoms with van der Waals surface area (Å²) in [6.07, 6.45) is 56.4. The van der Waals surface area contributed by atoms with Crippen molar-refractivity contribution in [2.75, 3.05) is 19.8 Å². The van der Waals surface area contributed by atoms with Crippen molar-refractivity contribution >= 4 is 13.7 Å². The van der Waals surface area contributed by atoms with Crippen LogP contribution in [0.3, 0.4) is 0 Å². The highest BCUT2D eigenvalue weighted by atomic mass is 31.2. The Morgan fingerprint density at radius 3 is 1.34 bits per heavy atom. The van der Waals surface area contributed by atoms with E-state index in [-0.39, 0.29) is 19.6 Å². The normalized spacial score (nSPS) is 14.7. The molecule has 0 aliphatic rings. The van der Waals surface area contributed by atoms with Gasteiger partial charge in [0.15, 0.2) is 0 Å². The van der Waals surface area contributed by atoms with Crippen LogP contribution in [0.5, 0.6) is 0 Å². The maximum atomic E-state index is 12.9. The lowest BCUT2D eigenvalue weighted by molar-refractivity contribution is -0.124. The molecule has 0 heterocycles. The van der Waals surface area contributed by atoms with E-state index in [0.29, 0.717) is 12.8 Å². The first-order chi connectivity index (χ1) is 30.3. The molecule has 364 valence electrons. The largest absolute Gasteiger partial charge is 0.472 e. The molecule has 0 saturated carbocycles. The Morgan fingerprint density at radius 2 is 0.919 bits per heavy atom. The van der Waals surface area contributed by atoms with Crippen molar-refractivity contribution in [1.82, 2.24) is 5.32 Å². The first kappa shape index (κ1) is 60.4. The summed E-state index contributed by atoms with van der Waals surface area (Å²) in [5.74, 6) is -0.463. The van der Waals surface area contributed by atoms with Gasteiger partial charge < -0.3 is 26.2 Å². The highest BCUT2D eigenvalue weighted by Gasteiger charge is 2.27. The molecular weight excluding hydrogens is 796 g/mol. The van der Waals surface area contributed by atoms with Gasteiger partial charge >= 0.3 is 7.82 Å². The Bertz CT molecular complexity index is 1130. The number of phosphoric acid groups is 1. The summed E-state index contributed by atoms with van der Waals surface area (Å²) in [5.41, 5.74) is 5.38. The minimum absolute atomic E-state index is 0.0405. The van der Waals surface area contributed by atoms with Crippen LogP contribution in [0.4, 0.5) is 0 Å². The molecule has 0 aromatic rings. The monoisotopic (exact) mass is 895 g/mol. The van der Waals surface area contributed by atoms with Crippen LogP contribution < -0.4 is 11.1 Å². The van der Waals surface area contributed by atoms with Crippen LogP contribution in [0.2, 0.25) is 0 Å². The zero-order valence-corrected chi connectivity index (χ0v) is 41.1. The second-order valence-electron chi connectivity index (χ2n) is 17.5. The van der Waals surface area contributed by atoms with E-state index in [9.17, 15) is 24.5 Å². The number of nitrogens with one attached hydrogen (secondary N) is 1. The molecule has 0 saturated heterocycles. The van der Waals surface area contributed by atoms with Crippen LogP contribution in [-0.4, -0.2) is 59.0 Å². The van der Waals surface area contributed by atoms with E-state index in [0.717, 1.165) is 57.8 Å².